The minimum atomic E-state index is -0.437. The molecule has 0 heterocycles. The zero-order valence-corrected chi connectivity index (χ0v) is 9.90. The lowest BCUT2D eigenvalue weighted by molar-refractivity contribution is 0.104. The van der Waals surface area contributed by atoms with Gasteiger partial charge in [-0.15, -0.1) is 0 Å². The van der Waals surface area contributed by atoms with E-state index < -0.39 is 6.10 Å². The molecule has 0 bridgehead atoms. The molecule has 0 aliphatic rings. The summed E-state index contributed by atoms with van der Waals surface area (Å²) in [5, 5.41) is 9.37. The largest absolute Gasteiger partial charge is 0.493 e. The Morgan fingerprint density at radius 3 is 2.44 bits per heavy atom. The first-order valence-corrected chi connectivity index (χ1v) is 5.24. The fourth-order valence-electron chi connectivity index (χ4n) is 1.22. The van der Waals surface area contributed by atoms with Gasteiger partial charge in [0.15, 0.2) is 11.5 Å². The van der Waals surface area contributed by atoms with Crippen LogP contribution in [-0.4, -0.2) is 32.0 Å². The predicted molar refractivity (Wildman–Crippen MR) is 61.3 cm³/mol. The van der Waals surface area contributed by atoms with Gasteiger partial charge in [-0.2, -0.15) is 0 Å². The van der Waals surface area contributed by atoms with Gasteiger partial charge >= 0.3 is 0 Å². The van der Waals surface area contributed by atoms with E-state index in [9.17, 15) is 5.11 Å². The molecule has 0 radical (unpaired) electrons. The van der Waals surface area contributed by atoms with Crippen LogP contribution in [0.25, 0.3) is 0 Å². The highest BCUT2D eigenvalue weighted by Crippen LogP contribution is 2.30. The normalized spacial score (nSPS) is 12.0. The Kier molecular flexibility index (Phi) is 4.92. The molecule has 1 aromatic carbocycles. The van der Waals surface area contributed by atoms with Crippen molar-refractivity contribution in [2.45, 2.75) is 19.4 Å². The van der Waals surface area contributed by atoms with Gasteiger partial charge in [-0.3, -0.25) is 0 Å². The van der Waals surface area contributed by atoms with Gasteiger partial charge in [0.25, 0.3) is 0 Å². The highest BCUT2D eigenvalue weighted by molar-refractivity contribution is 5.45. The number of hydrogen-bond donors (Lipinski definition) is 1. The van der Waals surface area contributed by atoms with Crippen molar-refractivity contribution in [3.05, 3.63) is 18.2 Å². The van der Waals surface area contributed by atoms with Crippen molar-refractivity contribution in [2.75, 3.05) is 20.8 Å². The van der Waals surface area contributed by atoms with Crippen LogP contribution >= 0.6 is 0 Å². The summed E-state index contributed by atoms with van der Waals surface area (Å²) in [7, 11) is 3.15. The van der Waals surface area contributed by atoms with E-state index in [0.717, 1.165) is 0 Å². The smallest absolute Gasteiger partial charge is 0.164 e. The molecule has 0 fully saturated rings. The molecule has 0 aliphatic carbocycles. The number of benzene rings is 1. The summed E-state index contributed by atoms with van der Waals surface area (Å²) in [6, 6.07) is 5.29. The number of aliphatic hydroxyl groups is 1. The van der Waals surface area contributed by atoms with Gasteiger partial charge in [-0.1, -0.05) is 6.92 Å². The quantitative estimate of drug-likeness (QED) is 0.804. The topological polar surface area (TPSA) is 47.9 Å². The SMILES string of the molecule is CC[C@H](O)COc1ccc(OC)c(OC)c1. The van der Waals surface area contributed by atoms with Crippen LogP contribution in [0.1, 0.15) is 13.3 Å². The Hall–Kier alpha value is -1.42. The Labute approximate surface area is 95.8 Å². The number of hydrogen-bond acceptors (Lipinski definition) is 4. The first kappa shape index (κ1) is 12.6. The second kappa shape index (κ2) is 6.23. The van der Waals surface area contributed by atoms with Gasteiger partial charge in [0.05, 0.1) is 20.3 Å². The van der Waals surface area contributed by atoms with Crippen LogP contribution in [0, 0.1) is 0 Å². The van der Waals surface area contributed by atoms with Crippen molar-refractivity contribution < 1.29 is 19.3 Å². The number of aliphatic hydroxyl groups excluding tert-OH is 1. The van der Waals surface area contributed by atoms with Crippen molar-refractivity contribution in [3.63, 3.8) is 0 Å². The molecule has 1 rings (SSSR count). The molecule has 4 nitrogen and oxygen atoms in total. The molecule has 0 spiro atoms. The molecule has 0 saturated carbocycles. The molecular formula is C12H18O4. The maximum atomic E-state index is 9.37. The second-order valence-electron chi connectivity index (χ2n) is 3.39. The molecule has 90 valence electrons. The summed E-state index contributed by atoms with van der Waals surface area (Å²) in [6.45, 7) is 2.19. The number of rotatable bonds is 6. The molecule has 16 heavy (non-hydrogen) atoms. The van der Waals surface area contributed by atoms with E-state index in [2.05, 4.69) is 0 Å². The lowest BCUT2D eigenvalue weighted by Crippen LogP contribution is -2.15. The van der Waals surface area contributed by atoms with E-state index in [0.29, 0.717) is 23.7 Å². The van der Waals surface area contributed by atoms with Crippen molar-refractivity contribution in [2.24, 2.45) is 0 Å². The molecular weight excluding hydrogens is 208 g/mol. The van der Waals surface area contributed by atoms with Crippen LogP contribution in [0.15, 0.2) is 18.2 Å². The Morgan fingerprint density at radius 2 is 1.88 bits per heavy atom. The minimum absolute atomic E-state index is 0.284. The van der Waals surface area contributed by atoms with Gasteiger partial charge in [-0.05, 0) is 18.6 Å². The molecule has 0 aromatic heterocycles. The van der Waals surface area contributed by atoms with Gasteiger partial charge < -0.3 is 19.3 Å². The van der Waals surface area contributed by atoms with Gasteiger partial charge in [0.2, 0.25) is 0 Å². The summed E-state index contributed by atoms with van der Waals surface area (Å²) in [5.74, 6) is 1.93. The third-order valence-electron chi connectivity index (χ3n) is 2.27. The maximum absolute atomic E-state index is 9.37. The number of ether oxygens (including phenoxy) is 3. The Balaban J connectivity index is 2.67. The van der Waals surface area contributed by atoms with Crippen LogP contribution < -0.4 is 14.2 Å². The van der Waals surface area contributed by atoms with Gasteiger partial charge in [0, 0.05) is 6.07 Å². The van der Waals surface area contributed by atoms with Crippen LogP contribution in [0.4, 0.5) is 0 Å². The zero-order valence-electron chi connectivity index (χ0n) is 9.90. The van der Waals surface area contributed by atoms with Crippen molar-refractivity contribution in [3.8, 4) is 17.2 Å². The minimum Gasteiger partial charge on any atom is -0.493 e. The first-order valence-electron chi connectivity index (χ1n) is 5.24. The van der Waals surface area contributed by atoms with Crippen LogP contribution in [0.3, 0.4) is 0 Å². The highest BCUT2D eigenvalue weighted by atomic mass is 16.5. The third kappa shape index (κ3) is 3.31. The number of methoxy groups -OCH3 is 2. The third-order valence-corrected chi connectivity index (χ3v) is 2.27. The summed E-state index contributed by atoms with van der Waals surface area (Å²) in [6.07, 6.45) is 0.237. The predicted octanol–water partition coefficient (Wildman–Crippen LogP) is 1.85. The van der Waals surface area contributed by atoms with E-state index in [1.54, 1.807) is 32.4 Å². The first-order chi connectivity index (χ1) is 7.71. The van der Waals surface area contributed by atoms with E-state index in [-0.39, 0.29) is 6.61 Å². The van der Waals surface area contributed by atoms with Gasteiger partial charge in [-0.25, -0.2) is 0 Å². The molecule has 0 aliphatic heterocycles. The lowest BCUT2D eigenvalue weighted by atomic mass is 10.3. The fourth-order valence-corrected chi connectivity index (χ4v) is 1.22. The van der Waals surface area contributed by atoms with Crippen molar-refractivity contribution in [1.29, 1.82) is 0 Å². The zero-order chi connectivity index (χ0) is 12.0. The van der Waals surface area contributed by atoms with Crippen molar-refractivity contribution in [1.82, 2.24) is 0 Å². The highest BCUT2D eigenvalue weighted by Gasteiger charge is 2.06. The van der Waals surface area contributed by atoms with E-state index in [1.165, 1.54) is 0 Å². The average molecular weight is 226 g/mol. The monoisotopic (exact) mass is 226 g/mol. The summed E-state index contributed by atoms with van der Waals surface area (Å²) >= 11 is 0. The Morgan fingerprint density at radius 1 is 1.19 bits per heavy atom. The molecule has 0 unspecified atom stereocenters. The second-order valence-corrected chi connectivity index (χ2v) is 3.39. The molecule has 0 saturated heterocycles. The standard InChI is InChI=1S/C12H18O4/c1-4-9(13)8-16-10-5-6-11(14-2)12(7-10)15-3/h5-7,9,13H,4,8H2,1-3H3/t9-/m0/s1. The molecule has 1 atom stereocenters. The van der Waals surface area contributed by atoms with E-state index in [1.807, 2.05) is 6.92 Å². The maximum Gasteiger partial charge on any atom is 0.164 e. The van der Waals surface area contributed by atoms with Gasteiger partial charge in [0.1, 0.15) is 12.4 Å². The summed E-state index contributed by atoms with van der Waals surface area (Å²) < 4.78 is 15.7. The van der Waals surface area contributed by atoms with Crippen LogP contribution in [0.5, 0.6) is 17.2 Å². The molecule has 1 aromatic rings. The van der Waals surface area contributed by atoms with Crippen LogP contribution in [0.2, 0.25) is 0 Å². The fraction of sp³-hybridized carbons (Fsp3) is 0.500. The molecule has 1 N–H and O–H groups in total. The lowest BCUT2D eigenvalue weighted by Gasteiger charge is -2.12. The molecule has 0 amide bonds. The van der Waals surface area contributed by atoms with E-state index >= 15 is 0 Å². The summed E-state index contributed by atoms with van der Waals surface area (Å²) in [5.41, 5.74) is 0. The average Bonchev–Trinajstić information content (AvgIpc) is 2.35. The Bertz CT molecular complexity index is 325. The van der Waals surface area contributed by atoms with Crippen LogP contribution in [-0.2, 0) is 0 Å². The van der Waals surface area contributed by atoms with E-state index in [4.69, 9.17) is 14.2 Å². The van der Waals surface area contributed by atoms with Crippen molar-refractivity contribution >= 4 is 0 Å². The summed E-state index contributed by atoms with van der Waals surface area (Å²) in [4.78, 5) is 0. The molecule has 4 heteroatoms.